The van der Waals surface area contributed by atoms with Crippen LogP contribution >= 0.6 is 0 Å². The third kappa shape index (κ3) is 4.44. The van der Waals surface area contributed by atoms with Crippen molar-refractivity contribution in [2.24, 2.45) is 5.73 Å². The van der Waals surface area contributed by atoms with Crippen LogP contribution in [0.15, 0.2) is 18.2 Å². The van der Waals surface area contributed by atoms with Gasteiger partial charge in [-0.1, -0.05) is 6.07 Å². The maximum Gasteiger partial charge on any atom is 0.392 e. The normalized spacial score (nSPS) is 13.2. The van der Waals surface area contributed by atoms with Gasteiger partial charge in [0.05, 0.1) is 20.1 Å². The van der Waals surface area contributed by atoms with E-state index in [-0.39, 0.29) is 11.8 Å². The van der Waals surface area contributed by atoms with Crippen LogP contribution in [-0.4, -0.2) is 19.9 Å². The van der Waals surface area contributed by atoms with E-state index in [4.69, 9.17) is 15.2 Å². The summed E-state index contributed by atoms with van der Waals surface area (Å²) >= 11 is 0. The number of methoxy groups -OCH3 is 1. The fourth-order valence-electron chi connectivity index (χ4n) is 1.36. The van der Waals surface area contributed by atoms with E-state index in [0.717, 1.165) is 5.56 Å². The molecule has 18 heavy (non-hydrogen) atoms. The summed E-state index contributed by atoms with van der Waals surface area (Å²) in [5, 5.41) is 0. The molecule has 0 saturated carbocycles. The molecule has 6 heteroatoms. The number of alkyl halides is 3. The van der Waals surface area contributed by atoms with Crippen molar-refractivity contribution >= 4 is 0 Å². The van der Waals surface area contributed by atoms with Crippen LogP contribution in [0.3, 0.4) is 0 Å². The summed E-state index contributed by atoms with van der Waals surface area (Å²) < 4.78 is 46.1. The van der Waals surface area contributed by atoms with Crippen molar-refractivity contribution in [2.75, 3.05) is 13.7 Å². The van der Waals surface area contributed by atoms with Gasteiger partial charge < -0.3 is 15.2 Å². The van der Waals surface area contributed by atoms with Crippen LogP contribution in [0.2, 0.25) is 0 Å². The Hall–Kier alpha value is -1.43. The molecule has 1 aromatic rings. The Kier molecular flexibility index (Phi) is 4.84. The summed E-state index contributed by atoms with van der Waals surface area (Å²) in [5.41, 5.74) is 6.53. The van der Waals surface area contributed by atoms with Crippen LogP contribution in [-0.2, 0) is 0 Å². The molecular formula is C12H16F3NO2. The second-order valence-corrected chi connectivity index (χ2v) is 3.91. The zero-order valence-corrected chi connectivity index (χ0v) is 10.3. The second-order valence-electron chi connectivity index (χ2n) is 3.91. The van der Waals surface area contributed by atoms with Crippen molar-refractivity contribution in [1.82, 2.24) is 0 Å². The largest absolute Gasteiger partial charge is 0.493 e. The Morgan fingerprint density at radius 2 is 1.94 bits per heavy atom. The van der Waals surface area contributed by atoms with Crippen molar-refractivity contribution in [3.63, 3.8) is 0 Å². The Balaban J connectivity index is 2.71. The summed E-state index contributed by atoms with van der Waals surface area (Å²) in [6.45, 7) is 1.37. The lowest BCUT2D eigenvalue weighted by Gasteiger charge is -2.14. The van der Waals surface area contributed by atoms with Gasteiger partial charge in [0, 0.05) is 6.04 Å². The molecule has 0 aliphatic carbocycles. The predicted molar refractivity (Wildman–Crippen MR) is 61.8 cm³/mol. The monoisotopic (exact) mass is 263 g/mol. The Morgan fingerprint density at radius 1 is 1.28 bits per heavy atom. The van der Waals surface area contributed by atoms with Crippen molar-refractivity contribution < 1.29 is 22.6 Å². The summed E-state index contributed by atoms with van der Waals surface area (Å²) in [5.74, 6) is 0.665. The van der Waals surface area contributed by atoms with Crippen molar-refractivity contribution in [2.45, 2.75) is 25.6 Å². The van der Waals surface area contributed by atoms with Crippen LogP contribution in [0.4, 0.5) is 13.2 Å². The van der Waals surface area contributed by atoms with E-state index in [0.29, 0.717) is 5.75 Å². The molecule has 0 aliphatic rings. The molecule has 0 heterocycles. The van der Waals surface area contributed by atoms with Gasteiger partial charge in [-0.2, -0.15) is 13.2 Å². The van der Waals surface area contributed by atoms with Crippen LogP contribution in [0.5, 0.6) is 11.5 Å². The summed E-state index contributed by atoms with van der Waals surface area (Å²) in [7, 11) is 1.43. The summed E-state index contributed by atoms with van der Waals surface area (Å²) in [6.07, 6.45) is -5.22. The topological polar surface area (TPSA) is 44.5 Å². The minimum Gasteiger partial charge on any atom is -0.493 e. The van der Waals surface area contributed by atoms with Crippen LogP contribution in [0, 0.1) is 0 Å². The highest BCUT2D eigenvalue weighted by Crippen LogP contribution is 2.30. The predicted octanol–water partition coefficient (Wildman–Crippen LogP) is 3.05. The SMILES string of the molecule is COc1cc([C@H](C)N)ccc1OCCC(F)(F)F. The minimum atomic E-state index is -4.22. The van der Waals surface area contributed by atoms with E-state index < -0.39 is 19.2 Å². The highest BCUT2D eigenvalue weighted by atomic mass is 19.4. The number of ether oxygens (including phenoxy) is 2. The minimum absolute atomic E-state index is 0.178. The number of nitrogens with two attached hydrogens (primary N) is 1. The first-order valence-electron chi connectivity index (χ1n) is 5.46. The maximum absolute atomic E-state index is 12.0. The van der Waals surface area contributed by atoms with Gasteiger partial charge in [0.2, 0.25) is 0 Å². The Labute approximate surface area is 104 Å². The average Bonchev–Trinajstić information content (AvgIpc) is 2.27. The highest BCUT2D eigenvalue weighted by Gasteiger charge is 2.27. The average molecular weight is 263 g/mol. The van der Waals surface area contributed by atoms with Crippen molar-refractivity contribution in [3.05, 3.63) is 23.8 Å². The van der Waals surface area contributed by atoms with E-state index in [1.54, 1.807) is 25.1 Å². The number of hydrogen-bond acceptors (Lipinski definition) is 3. The molecule has 0 bridgehead atoms. The van der Waals surface area contributed by atoms with E-state index in [9.17, 15) is 13.2 Å². The molecule has 1 rings (SSSR count). The van der Waals surface area contributed by atoms with Crippen LogP contribution < -0.4 is 15.2 Å². The Bertz CT molecular complexity index is 391. The standard InChI is InChI=1S/C12H16F3NO2/c1-8(16)9-3-4-10(11(7-9)17-2)18-6-5-12(13,14)15/h3-4,7-8H,5-6,16H2,1-2H3/t8-/m0/s1. The van der Waals surface area contributed by atoms with E-state index >= 15 is 0 Å². The van der Waals surface area contributed by atoms with Crippen LogP contribution in [0.1, 0.15) is 24.9 Å². The molecule has 0 spiro atoms. The lowest BCUT2D eigenvalue weighted by atomic mass is 10.1. The number of halogens is 3. The fourth-order valence-corrected chi connectivity index (χ4v) is 1.36. The van der Waals surface area contributed by atoms with Crippen LogP contribution in [0.25, 0.3) is 0 Å². The lowest BCUT2D eigenvalue weighted by molar-refractivity contribution is -0.139. The van der Waals surface area contributed by atoms with E-state index in [1.165, 1.54) is 7.11 Å². The molecule has 0 fully saturated rings. The molecule has 1 atom stereocenters. The molecule has 1 aromatic carbocycles. The van der Waals surface area contributed by atoms with Gasteiger partial charge in [-0.25, -0.2) is 0 Å². The summed E-state index contributed by atoms with van der Waals surface area (Å²) in [6, 6.07) is 4.75. The first-order valence-corrected chi connectivity index (χ1v) is 5.46. The summed E-state index contributed by atoms with van der Waals surface area (Å²) in [4.78, 5) is 0. The molecule has 0 aromatic heterocycles. The lowest BCUT2D eigenvalue weighted by Crippen LogP contribution is -2.13. The molecule has 0 radical (unpaired) electrons. The van der Waals surface area contributed by atoms with Gasteiger partial charge >= 0.3 is 6.18 Å². The number of rotatable bonds is 5. The van der Waals surface area contributed by atoms with Gasteiger partial charge in [0.25, 0.3) is 0 Å². The fraction of sp³-hybridized carbons (Fsp3) is 0.500. The van der Waals surface area contributed by atoms with Gasteiger partial charge in [-0.3, -0.25) is 0 Å². The van der Waals surface area contributed by atoms with Crippen molar-refractivity contribution in [1.29, 1.82) is 0 Å². The van der Waals surface area contributed by atoms with E-state index in [1.807, 2.05) is 0 Å². The zero-order chi connectivity index (χ0) is 13.8. The third-order valence-corrected chi connectivity index (χ3v) is 2.36. The highest BCUT2D eigenvalue weighted by molar-refractivity contribution is 5.43. The first-order chi connectivity index (χ1) is 8.33. The molecule has 0 amide bonds. The number of hydrogen-bond donors (Lipinski definition) is 1. The Morgan fingerprint density at radius 3 is 2.44 bits per heavy atom. The van der Waals surface area contributed by atoms with Gasteiger partial charge in [0.1, 0.15) is 0 Å². The first kappa shape index (κ1) is 14.6. The number of benzene rings is 1. The van der Waals surface area contributed by atoms with Gasteiger partial charge in [0.15, 0.2) is 11.5 Å². The second kappa shape index (κ2) is 5.95. The van der Waals surface area contributed by atoms with Crippen molar-refractivity contribution in [3.8, 4) is 11.5 Å². The molecule has 2 N–H and O–H groups in total. The molecule has 0 unspecified atom stereocenters. The van der Waals surface area contributed by atoms with Gasteiger partial charge in [-0.15, -0.1) is 0 Å². The smallest absolute Gasteiger partial charge is 0.392 e. The maximum atomic E-state index is 12.0. The molecule has 102 valence electrons. The van der Waals surface area contributed by atoms with Gasteiger partial charge in [-0.05, 0) is 24.6 Å². The zero-order valence-electron chi connectivity index (χ0n) is 10.3. The van der Waals surface area contributed by atoms with E-state index in [2.05, 4.69) is 0 Å². The third-order valence-electron chi connectivity index (χ3n) is 2.36. The molecule has 0 aliphatic heterocycles. The molecule has 3 nitrogen and oxygen atoms in total. The quantitative estimate of drug-likeness (QED) is 0.888. The molecule has 0 saturated heterocycles. The molecular weight excluding hydrogens is 247 g/mol.